The maximum atomic E-state index is 5.18. The molecule has 0 spiro atoms. The van der Waals surface area contributed by atoms with E-state index in [0.717, 1.165) is 39.2 Å². The second-order valence-corrected chi connectivity index (χ2v) is 13.5. The third kappa shape index (κ3) is 4.96. The molecule has 2 heteroatoms. The first kappa shape index (κ1) is 29.1. The predicted octanol–water partition coefficient (Wildman–Crippen LogP) is 12.3. The molecule has 49 heavy (non-hydrogen) atoms. The Balaban J connectivity index is 1.18. The highest BCUT2D eigenvalue weighted by Gasteiger charge is 2.38. The number of pyridine rings is 2. The smallest absolute Gasteiger partial charge is 0.0715 e. The van der Waals surface area contributed by atoms with Crippen molar-refractivity contribution < 1.29 is 0 Å². The van der Waals surface area contributed by atoms with Crippen LogP contribution < -0.4 is 0 Å². The van der Waals surface area contributed by atoms with E-state index in [1.807, 2.05) is 12.3 Å². The molecule has 0 fully saturated rings. The molecular weight excluding hydrogens is 593 g/mol. The van der Waals surface area contributed by atoms with Gasteiger partial charge in [-0.3, -0.25) is 4.98 Å². The average Bonchev–Trinajstić information content (AvgIpc) is 3.42. The van der Waals surface area contributed by atoms with E-state index in [1.54, 1.807) is 6.20 Å². The first-order chi connectivity index (χ1) is 24.0. The topological polar surface area (TPSA) is 25.8 Å². The highest BCUT2D eigenvalue weighted by atomic mass is 14.7. The lowest BCUT2D eigenvalue weighted by Crippen LogP contribution is -2.15. The van der Waals surface area contributed by atoms with Gasteiger partial charge in [-0.2, -0.15) is 0 Å². The van der Waals surface area contributed by atoms with Crippen molar-refractivity contribution in [2.24, 2.45) is 0 Å². The molecule has 6 aromatic carbocycles. The van der Waals surface area contributed by atoms with Gasteiger partial charge in [0.2, 0.25) is 0 Å². The standard InChI is InChI=1S/C47H34N2/c1-47(2)42-19-9-18-39(45(42)41-25-24-32-11-6-7-17-40(32)46(41)47)36-15-8-14-35(27-36)38-28-43(33-12-4-3-5-13-33)49-44(29-38)34-22-20-31(21-23-34)37-16-10-26-48-30-37/h3-30H,1-2H3. The van der Waals surface area contributed by atoms with Crippen LogP contribution in [0.15, 0.2) is 170 Å². The molecule has 9 rings (SSSR count). The molecule has 0 N–H and O–H groups in total. The van der Waals surface area contributed by atoms with Crippen LogP contribution in [0.1, 0.15) is 25.0 Å². The third-order valence-electron chi connectivity index (χ3n) is 10.1. The van der Waals surface area contributed by atoms with Gasteiger partial charge >= 0.3 is 0 Å². The van der Waals surface area contributed by atoms with Crippen LogP contribution in [0.25, 0.3) is 77.8 Å². The Hall–Kier alpha value is -6.12. The number of rotatable bonds is 5. The Morgan fingerprint density at radius 1 is 0.449 bits per heavy atom. The highest BCUT2D eigenvalue weighted by molar-refractivity contribution is 6.01. The second-order valence-electron chi connectivity index (χ2n) is 13.5. The first-order valence-corrected chi connectivity index (χ1v) is 16.9. The van der Waals surface area contributed by atoms with Crippen molar-refractivity contribution in [2.45, 2.75) is 19.3 Å². The van der Waals surface area contributed by atoms with Crippen LogP contribution in [-0.4, -0.2) is 9.97 Å². The Bertz CT molecular complexity index is 2490. The van der Waals surface area contributed by atoms with Crippen molar-refractivity contribution in [3.8, 4) is 67.0 Å². The number of fused-ring (bicyclic) bond motifs is 5. The molecule has 8 aromatic rings. The summed E-state index contributed by atoms with van der Waals surface area (Å²) in [7, 11) is 0. The summed E-state index contributed by atoms with van der Waals surface area (Å²) in [4.78, 5) is 9.48. The molecule has 0 saturated carbocycles. The van der Waals surface area contributed by atoms with E-state index in [-0.39, 0.29) is 5.41 Å². The van der Waals surface area contributed by atoms with Crippen molar-refractivity contribution in [3.05, 3.63) is 181 Å². The van der Waals surface area contributed by atoms with E-state index in [2.05, 4.69) is 170 Å². The van der Waals surface area contributed by atoms with Crippen molar-refractivity contribution in [1.29, 1.82) is 0 Å². The maximum absolute atomic E-state index is 5.18. The highest BCUT2D eigenvalue weighted by Crippen LogP contribution is 2.54. The predicted molar refractivity (Wildman–Crippen MR) is 204 cm³/mol. The van der Waals surface area contributed by atoms with E-state index < -0.39 is 0 Å². The third-order valence-corrected chi connectivity index (χ3v) is 10.1. The molecule has 1 aliphatic rings. The summed E-state index contributed by atoms with van der Waals surface area (Å²) in [5.74, 6) is 0. The fourth-order valence-electron chi connectivity index (χ4n) is 7.73. The molecule has 2 heterocycles. The summed E-state index contributed by atoms with van der Waals surface area (Å²) >= 11 is 0. The summed E-state index contributed by atoms with van der Waals surface area (Å²) in [5.41, 5.74) is 16.5. The Morgan fingerprint density at radius 2 is 1.12 bits per heavy atom. The van der Waals surface area contributed by atoms with Gasteiger partial charge in [0.1, 0.15) is 0 Å². The van der Waals surface area contributed by atoms with Crippen LogP contribution in [0.2, 0.25) is 0 Å². The molecule has 0 saturated heterocycles. The summed E-state index contributed by atoms with van der Waals surface area (Å²) in [6.07, 6.45) is 3.71. The largest absolute Gasteiger partial charge is 0.264 e. The van der Waals surface area contributed by atoms with Crippen molar-refractivity contribution in [2.75, 3.05) is 0 Å². The lowest BCUT2D eigenvalue weighted by atomic mass is 9.80. The quantitative estimate of drug-likeness (QED) is 0.190. The molecule has 0 radical (unpaired) electrons. The normalized spacial score (nSPS) is 12.9. The number of aromatic nitrogens is 2. The van der Waals surface area contributed by atoms with Gasteiger partial charge in [-0.25, -0.2) is 4.98 Å². The lowest BCUT2D eigenvalue weighted by Gasteiger charge is -2.23. The maximum Gasteiger partial charge on any atom is 0.0715 e. The monoisotopic (exact) mass is 626 g/mol. The Kier molecular flexibility index (Phi) is 6.84. The van der Waals surface area contributed by atoms with Crippen LogP contribution >= 0.6 is 0 Å². The zero-order valence-corrected chi connectivity index (χ0v) is 27.6. The summed E-state index contributed by atoms with van der Waals surface area (Å²) in [5, 5.41) is 2.63. The van der Waals surface area contributed by atoms with Crippen LogP contribution in [0.3, 0.4) is 0 Å². The van der Waals surface area contributed by atoms with Crippen LogP contribution in [0.4, 0.5) is 0 Å². The minimum Gasteiger partial charge on any atom is -0.264 e. The Morgan fingerprint density at radius 3 is 1.92 bits per heavy atom. The average molecular weight is 627 g/mol. The fourth-order valence-corrected chi connectivity index (χ4v) is 7.73. The van der Waals surface area contributed by atoms with E-state index in [4.69, 9.17) is 4.98 Å². The van der Waals surface area contributed by atoms with Gasteiger partial charge in [0.05, 0.1) is 11.4 Å². The van der Waals surface area contributed by atoms with E-state index in [1.165, 1.54) is 49.7 Å². The molecule has 0 bridgehead atoms. The van der Waals surface area contributed by atoms with Crippen LogP contribution in [0.5, 0.6) is 0 Å². The lowest BCUT2D eigenvalue weighted by molar-refractivity contribution is 0.666. The molecular formula is C47H34N2. The molecule has 2 aromatic heterocycles. The van der Waals surface area contributed by atoms with E-state index in [9.17, 15) is 0 Å². The molecule has 0 aliphatic heterocycles. The van der Waals surface area contributed by atoms with Crippen molar-refractivity contribution in [3.63, 3.8) is 0 Å². The Labute approximate surface area is 287 Å². The van der Waals surface area contributed by atoms with Gasteiger partial charge in [-0.05, 0) is 90.7 Å². The zero-order chi connectivity index (χ0) is 33.0. The first-order valence-electron chi connectivity index (χ1n) is 16.9. The molecule has 232 valence electrons. The molecule has 0 unspecified atom stereocenters. The zero-order valence-electron chi connectivity index (χ0n) is 27.6. The van der Waals surface area contributed by atoms with Crippen LogP contribution in [0, 0.1) is 0 Å². The fraction of sp³-hybridized carbons (Fsp3) is 0.0638. The van der Waals surface area contributed by atoms with Gasteiger partial charge in [0.25, 0.3) is 0 Å². The summed E-state index contributed by atoms with van der Waals surface area (Å²) in [6, 6.07) is 56.9. The molecule has 1 aliphatic carbocycles. The van der Waals surface area contributed by atoms with E-state index in [0.29, 0.717) is 0 Å². The van der Waals surface area contributed by atoms with Gasteiger partial charge in [0, 0.05) is 28.9 Å². The summed E-state index contributed by atoms with van der Waals surface area (Å²) in [6.45, 7) is 4.74. The van der Waals surface area contributed by atoms with Gasteiger partial charge in [0.15, 0.2) is 0 Å². The number of hydrogen-bond acceptors (Lipinski definition) is 2. The van der Waals surface area contributed by atoms with Gasteiger partial charge in [-0.1, -0.05) is 147 Å². The van der Waals surface area contributed by atoms with E-state index >= 15 is 0 Å². The summed E-state index contributed by atoms with van der Waals surface area (Å²) < 4.78 is 0. The van der Waals surface area contributed by atoms with Crippen molar-refractivity contribution >= 4 is 10.8 Å². The van der Waals surface area contributed by atoms with Crippen LogP contribution in [-0.2, 0) is 5.41 Å². The number of hydrogen-bond donors (Lipinski definition) is 0. The van der Waals surface area contributed by atoms with Gasteiger partial charge < -0.3 is 0 Å². The van der Waals surface area contributed by atoms with Crippen molar-refractivity contribution in [1.82, 2.24) is 9.97 Å². The molecule has 2 nitrogen and oxygen atoms in total. The molecule has 0 atom stereocenters. The minimum absolute atomic E-state index is 0.101. The second kappa shape index (κ2) is 11.5. The van der Waals surface area contributed by atoms with Gasteiger partial charge in [-0.15, -0.1) is 0 Å². The number of benzene rings is 6. The SMILES string of the molecule is CC1(C)c2cccc(-c3cccc(-c4cc(-c5ccccc5)nc(-c5ccc(-c6cccnc6)cc5)c4)c3)c2-c2ccc3ccccc3c21. The minimum atomic E-state index is -0.101. The molecule has 0 amide bonds. The number of nitrogens with zero attached hydrogens (tertiary/aromatic N) is 2.